The Hall–Kier alpha value is -2.88. The third-order valence-electron chi connectivity index (χ3n) is 3.69. The van der Waals surface area contributed by atoms with E-state index in [1.54, 1.807) is 41.7 Å². The second-order valence-electron chi connectivity index (χ2n) is 5.92. The third kappa shape index (κ3) is 4.69. The molecule has 10 heteroatoms. The molecule has 1 aromatic carbocycles. The number of rotatable bonds is 5. The average Bonchev–Trinajstić information content (AvgIpc) is 2.64. The number of alkyl halides is 3. The minimum absolute atomic E-state index is 0.170. The van der Waals surface area contributed by atoms with Crippen LogP contribution in [0.3, 0.4) is 0 Å². The van der Waals surface area contributed by atoms with Crippen molar-refractivity contribution in [2.24, 2.45) is 0 Å². The van der Waals surface area contributed by atoms with Crippen LogP contribution in [0.1, 0.15) is 5.56 Å². The molecule has 2 aromatic heterocycles. The van der Waals surface area contributed by atoms with Crippen LogP contribution in [0, 0.1) is 6.92 Å². The third-order valence-corrected chi connectivity index (χ3v) is 4.63. The zero-order valence-corrected chi connectivity index (χ0v) is 15.5. The number of carbonyl (C=O) groups excluding carboxylic acids is 1. The van der Waals surface area contributed by atoms with Gasteiger partial charge in [0.05, 0.1) is 16.7 Å². The number of nitrogens with zero attached hydrogens (tertiary/aromatic N) is 3. The molecule has 3 rings (SSSR count). The zero-order valence-electron chi connectivity index (χ0n) is 14.7. The Morgan fingerprint density at radius 2 is 2.00 bits per heavy atom. The minimum Gasteiger partial charge on any atom is -0.346 e. The van der Waals surface area contributed by atoms with Crippen LogP contribution < -0.4 is 10.9 Å². The fraction of sp³-hybridized carbons (Fsp3) is 0.222. The van der Waals surface area contributed by atoms with Crippen LogP contribution >= 0.6 is 11.8 Å². The van der Waals surface area contributed by atoms with Crippen LogP contribution in [-0.2, 0) is 4.79 Å². The average molecular weight is 408 g/mol. The molecule has 6 nitrogen and oxygen atoms in total. The van der Waals surface area contributed by atoms with Gasteiger partial charge in [-0.1, -0.05) is 23.9 Å². The smallest absolute Gasteiger partial charge is 0.346 e. The summed E-state index contributed by atoms with van der Waals surface area (Å²) in [5.74, 6) is -0.818. The lowest BCUT2D eigenvalue weighted by Crippen LogP contribution is -2.35. The molecule has 0 fully saturated rings. The van der Waals surface area contributed by atoms with Gasteiger partial charge in [-0.2, -0.15) is 13.2 Å². The Balaban J connectivity index is 1.97. The van der Waals surface area contributed by atoms with E-state index in [9.17, 15) is 22.8 Å². The summed E-state index contributed by atoms with van der Waals surface area (Å²) in [5, 5.41) is 2.34. The zero-order chi connectivity index (χ0) is 20.3. The number of hydrogen-bond acceptors (Lipinski definition) is 5. The molecule has 0 saturated heterocycles. The Morgan fingerprint density at radius 1 is 1.25 bits per heavy atom. The Kier molecular flexibility index (Phi) is 5.68. The van der Waals surface area contributed by atoms with Gasteiger partial charge in [-0.05, 0) is 36.8 Å². The van der Waals surface area contributed by atoms with E-state index >= 15 is 0 Å². The Labute approximate surface area is 161 Å². The first kappa shape index (κ1) is 19.9. The molecule has 0 aliphatic heterocycles. The lowest BCUT2D eigenvalue weighted by Gasteiger charge is -2.13. The molecule has 146 valence electrons. The fourth-order valence-corrected chi connectivity index (χ4v) is 3.26. The van der Waals surface area contributed by atoms with E-state index in [1.807, 2.05) is 6.92 Å². The van der Waals surface area contributed by atoms with E-state index in [0.29, 0.717) is 16.7 Å². The highest BCUT2D eigenvalue weighted by Gasteiger charge is 2.27. The van der Waals surface area contributed by atoms with E-state index in [-0.39, 0.29) is 16.5 Å². The molecule has 2 heterocycles. The van der Waals surface area contributed by atoms with Gasteiger partial charge in [0.25, 0.3) is 5.56 Å². The van der Waals surface area contributed by atoms with E-state index in [4.69, 9.17) is 0 Å². The van der Waals surface area contributed by atoms with E-state index in [0.717, 1.165) is 17.3 Å². The second-order valence-corrected chi connectivity index (χ2v) is 6.87. The number of aryl methyl sites for hydroxylation is 1. The van der Waals surface area contributed by atoms with Crippen molar-refractivity contribution < 1.29 is 18.0 Å². The maximum atomic E-state index is 13.0. The predicted octanol–water partition coefficient (Wildman–Crippen LogP) is 2.86. The summed E-state index contributed by atoms with van der Waals surface area (Å²) in [7, 11) is 0. The number of fused-ring (bicyclic) bond motifs is 1. The summed E-state index contributed by atoms with van der Waals surface area (Å²) in [6, 6.07) is 10.2. The predicted molar refractivity (Wildman–Crippen MR) is 99.7 cm³/mol. The van der Waals surface area contributed by atoms with E-state index in [1.165, 1.54) is 10.8 Å². The minimum atomic E-state index is -4.49. The molecule has 0 aliphatic rings. The quantitative estimate of drug-likeness (QED) is 0.519. The highest BCUT2D eigenvalue weighted by atomic mass is 32.2. The number of benzene rings is 1. The van der Waals surface area contributed by atoms with Crippen molar-refractivity contribution in [3.8, 4) is 5.82 Å². The first-order chi connectivity index (χ1) is 13.2. The standard InChI is InChI=1S/C18H15F3N4O2S/c1-11-6-7-22-14(8-11)25-16(27)12-4-2-3-5-13(12)24-17(25)28-9-15(26)23-10-18(19,20)21/h2-8H,9-10H2,1H3,(H,23,26). The maximum Gasteiger partial charge on any atom is 0.405 e. The summed E-state index contributed by atoms with van der Waals surface area (Å²) < 4.78 is 38.0. The Morgan fingerprint density at radius 3 is 2.71 bits per heavy atom. The SMILES string of the molecule is Cc1ccnc(-n2c(SCC(=O)NCC(F)(F)F)nc3ccccc3c2=O)c1. The van der Waals surface area contributed by atoms with Gasteiger partial charge in [-0.15, -0.1) is 0 Å². The number of nitrogens with one attached hydrogen (secondary N) is 1. The highest BCUT2D eigenvalue weighted by Crippen LogP contribution is 2.21. The first-order valence-corrected chi connectivity index (χ1v) is 9.14. The second kappa shape index (κ2) is 8.01. The van der Waals surface area contributed by atoms with Gasteiger partial charge in [-0.3, -0.25) is 9.59 Å². The monoisotopic (exact) mass is 408 g/mol. The summed E-state index contributed by atoms with van der Waals surface area (Å²) in [6.07, 6.45) is -2.95. The van der Waals surface area contributed by atoms with Crippen molar-refractivity contribution >= 4 is 28.6 Å². The van der Waals surface area contributed by atoms with Crippen LogP contribution in [0.4, 0.5) is 13.2 Å². The van der Waals surface area contributed by atoms with E-state index < -0.39 is 18.6 Å². The lowest BCUT2D eigenvalue weighted by atomic mass is 10.2. The normalized spacial score (nSPS) is 11.6. The van der Waals surface area contributed by atoms with Crippen LogP contribution in [0.15, 0.2) is 52.5 Å². The molecule has 1 amide bonds. The van der Waals surface area contributed by atoms with Gasteiger partial charge in [0.1, 0.15) is 12.4 Å². The molecular formula is C18H15F3N4O2S. The van der Waals surface area contributed by atoms with Gasteiger partial charge in [0.2, 0.25) is 5.91 Å². The molecular weight excluding hydrogens is 393 g/mol. The molecule has 3 aromatic rings. The molecule has 0 aliphatic carbocycles. The van der Waals surface area contributed by atoms with Crippen LogP contribution in [-0.4, -0.2) is 38.9 Å². The molecule has 28 heavy (non-hydrogen) atoms. The largest absolute Gasteiger partial charge is 0.405 e. The van der Waals surface area contributed by atoms with Gasteiger partial charge < -0.3 is 5.32 Å². The number of para-hydroxylation sites is 1. The lowest BCUT2D eigenvalue weighted by molar-refractivity contribution is -0.136. The fourth-order valence-electron chi connectivity index (χ4n) is 2.43. The molecule has 1 N–H and O–H groups in total. The number of thioether (sulfide) groups is 1. The van der Waals surface area contributed by atoms with Gasteiger partial charge in [-0.25, -0.2) is 14.5 Å². The summed E-state index contributed by atoms with van der Waals surface area (Å²) in [4.78, 5) is 33.3. The summed E-state index contributed by atoms with van der Waals surface area (Å²) in [5.41, 5.74) is 0.917. The molecule has 0 unspecified atom stereocenters. The van der Waals surface area contributed by atoms with Crippen LogP contribution in [0.2, 0.25) is 0 Å². The molecule has 0 spiro atoms. The Bertz CT molecular complexity index is 1080. The van der Waals surface area contributed by atoms with Crippen molar-refractivity contribution in [2.45, 2.75) is 18.3 Å². The number of pyridine rings is 1. The van der Waals surface area contributed by atoms with Gasteiger partial charge in [0.15, 0.2) is 5.16 Å². The van der Waals surface area contributed by atoms with Gasteiger partial charge >= 0.3 is 6.18 Å². The van der Waals surface area contributed by atoms with Crippen molar-refractivity contribution in [3.63, 3.8) is 0 Å². The first-order valence-electron chi connectivity index (χ1n) is 8.16. The molecule has 0 saturated carbocycles. The molecule has 0 atom stereocenters. The van der Waals surface area contributed by atoms with Crippen LogP contribution in [0.5, 0.6) is 0 Å². The molecule has 0 bridgehead atoms. The van der Waals surface area contributed by atoms with Crippen molar-refractivity contribution in [1.82, 2.24) is 19.9 Å². The van der Waals surface area contributed by atoms with Crippen molar-refractivity contribution in [3.05, 3.63) is 58.5 Å². The van der Waals surface area contributed by atoms with Crippen LogP contribution in [0.25, 0.3) is 16.7 Å². The number of amides is 1. The van der Waals surface area contributed by atoms with E-state index in [2.05, 4.69) is 9.97 Å². The summed E-state index contributed by atoms with van der Waals surface area (Å²) >= 11 is 0.868. The molecule has 0 radical (unpaired) electrons. The number of carbonyl (C=O) groups is 1. The summed E-state index contributed by atoms with van der Waals surface area (Å²) in [6.45, 7) is 0.422. The number of aromatic nitrogens is 3. The number of hydrogen-bond donors (Lipinski definition) is 1. The topological polar surface area (TPSA) is 76.9 Å². The number of halogens is 3. The van der Waals surface area contributed by atoms with Gasteiger partial charge in [0, 0.05) is 6.20 Å². The maximum absolute atomic E-state index is 13.0. The van der Waals surface area contributed by atoms with Crippen molar-refractivity contribution in [1.29, 1.82) is 0 Å². The van der Waals surface area contributed by atoms with Crippen molar-refractivity contribution in [2.75, 3.05) is 12.3 Å². The highest BCUT2D eigenvalue weighted by molar-refractivity contribution is 7.99.